The van der Waals surface area contributed by atoms with Crippen molar-refractivity contribution in [3.05, 3.63) is 188 Å². The number of hydrogen-bond acceptors (Lipinski definition) is 5. The van der Waals surface area contributed by atoms with Crippen molar-refractivity contribution in [1.82, 2.24) is 15.0 Å². The Balaban J connectivity index is 1.19. The van der Waals surface area contributed by atoms with Gasteiger partial charge in [-0.1, -0.05) is 151 Å². The number of benzene rings is 8. The Labute approximate surface area is 346 Å². The molecule has 3 aromatic heterocycles. The van der Waals surface area contributed by atoms with E-state index in [0.29, 0.717) is 15.8 Å². The Morgan fingerprint density at radius 1 is 0.429 bits per heavy atom. The van der Waals surface area contributed by atoms with Crippen LogP contribution < -0.4 is 0 Å². The standard InChI is InChI=1S/C51H31N3OS/c1-4-15-32(16-5-1)35-21-12-22-36(29-35)50-52-49(34-19-8-3-9-20-34)53-51(54-50)41-26-13-25-40-47-38(24-14-28-45(47)56-48(40)41)37-30-42(33-17-6-2-7-18-33)46-39-23-10-11-27-43(39)55-44(46)31-37/h1-31H/i1D,3D,4D,5D,8D,9D,12D,15D,16D,19D,20D,21D,22D,29D. The fourth-order valence-electron chi connectivity index (χ4n) is 7.16. The average molecular weight is 748 g/mol. The second-order valence-electron chi connectivity index (χ2n) is 12.9. The summed E-state index contributed by atoms with van der Waals surface area (Å²) in [4.78, 5) is 14.0. The van der Waals surface area contributed by atoms with Gasteiger partial charge in [0.05, 0.1) is 19.2 Å². The normalized spacial score (nSPS) is 15.1. The number of rotatable bonds is 6. The predicted molar refractivity (Wildman–Crippen MR) is 233 cm³/mol. The highest BCUT2D eigenvalue weighted by Gasteiger charge is 2.20. The average Bonchev–Trinajstić information content (AvgIpc) is 3.95. The molecular formula is C51H31N3OS. The summed E-state index contributed by atoms with van der Waals surface area (Å²) in [6.45, 7) is 0. The molecule has 0 aliphatic carbocycles. The molecule has 0 N–H and O–H groups in total. The van der Waals surface area contributed by atoms with Crippen LogP contribution in [0.25, 0.3) is 110 Å². The van der Waals surface area contributed by atoms with E-state index in [-0.39, 0.29) is 5.82 Å². The summed E-state index contributed by atoms with van der Waals surface area (Å²) in [7, 11) is 0. The third-order valence-corrected chi connectivity index (χ3v) is 10.8. The summed E-state index contributed by atoms with van der Waals surface area (Å²) in [5.74, 6) is -0.978. The quantitative estimate of drug-likeness (QED) is 0.170. The Morgan fingerprint density at radius 2 is 1.09 bits per heavy atom. The first-order chi connectivity index (χ1) is 33.6. The van der Waals surface area contributed by atoms with Gasteiger partial charge in [0.25, 0.3) is 0 Å². The number of thiophene rings is 1. The maximum Gasteiger partial charge on any atom is 0.165 e. The van der Waals surface area contributed by atoms with Crippen LogP contribution in [0.5, 0.6) is 0 Å². The van der Waals surface area contributed by atoms with Gasteiger partial charge in [-0.25, -0.2) is 15.0 Å². The molecule has 0 unspecified atom stereocenters. The minimum absolute atomic E-state index is 0.0924. The lowest BCUT2D eigenvalue weighted by Gasteiger charge is -2.11. The zero-order valence-corrected chi connectivity index (χ0v) is 29.8. The Bertz CT molecular complexity index is 4020. The van der Waals surface area contributed by atoms with Gasteiger partial charge in [-0.05, 0) is 69.8 Å². The number of hydrogen-bond donors (Lipinski definition) is 0. The minimum atomic E-state index is -0.769. The van der Waals surface area contributed by atoms with Crippen LogP contribution in [0.15, 0.2) is 192 Å². The molecule has 0 aliphatic heterocycles. The minimum Gasteiger partial charge on any atom is -0.456 e. The van der Waals surface area contributed by atoms with Crippen molar-refractivity contribution in [1.29, 1.82) is 0 Å². The number of fused-ring (bicyclic) bond motifs is 6. The molecule has 0 radical (unpaired) electrons. The van der Waals surface area contributed by atoms with E-state index in [1.807, 2.05) is 72.8 Å². The molecule has 0 amide bonds. The molecule has 0 fully saturated rings. The Morgan fingerprint density at radius 3 is 1.93 bits per heavy atom. The lowest BCUT2D eigenvalue weighted by Crippen LogP contribution is -2.00. The van der Waals surface area contributed by atoms with Crippen LogP contribution in [0, 0.1) is 0 Å². The van der Waals surface area contributed by atoms with Crippen LogP contribution in [-0.2, 0) is 0 Å². The van der Waals surface area contributed by atoms with E-state index < -0.39 is 118 Å². The van der Waals surface area contributed by atoms with Crippen LogP contribution in [0.1, 0.15) is 19.2 Å². The topological polar surface area (TPSA) is 51.8 Å². The van der Waals surface area contributed by atoms with E-state index in [1.165, 1.54) is 11.3 Å². The predicted octanol–water partition coefficient (Wildman–Crippen LogP) is 14.1. The molecule has 0 saturated heterocycles. The van der Waals surface area contributed by atoms with Crippen LogP contribution >= 0.6 is 11.3 Å². The SMILES string of the molecule is [2H]c1c([2H])c([2H])c(-c2nc(-c3c([2H])c([2H])c([2H])c(-c4c([2H])c([2H])c([2H])c([2H])c4[2H])c3[2H])nc(-c3cccc4c3sc3cccc(-c5cc(-c6ccccc6)c6c(c5)oc5ccccc56)c34)n2)c([2H])c1[2H]. The van der Waals surface area contributed by atoms with Gasteiger partial charge in [-0.15, -0.1) is 11.3 Å². The molecule has 8 aromatic carbocycles. The van der Waals surface area contributed by atoms with Crippen molar-refractivity contribution < 1.29 is 23.6 Å². The second kappa shape index (κ2) is 13.3. The van der Waals surface area contributed by atoms with E-state index in [0.717, 1.165) is 54.1 Å². The summed E-state index contributed by atoms with van der Waals surface area (Å²) in [5.41, 5.74) is 3.66. The molecule has 4 nitrogen and oxygen atoms in total. The van der Waals surface area contributed by atoms with E-state index in [4.69, 9.17) is 32.2 Å². The maximum absolute atomic E-state index is 9.46. The summed E-state index contributed by atoms with van der Waals surface area (Å²) in [6, 6.07) is 23.7. The molecule has 262 valence electrons. The van der Waals surface area contributed by atoms with Crippen molar-refractivity contribution in [2.45, 2.75) is 0 Å². The van der Waals surface area contributed by atoms with Gasteiger partial charge in [-0.2, -0.15) is 0 Å². The summed E-state index contributed by atoms with van der Waals surface area (Å²) in [5, 5.41) is 3.66. The van der Waals surface area contributed by atoms with Crippen molar-refractivity contribution in [3.63, 3.8) is 0 Å². The molecule has 11 rings (SSSR count). The molecule has 0 saturated carbocycles. The van der Waals surface area contributed by atoms with Crippen molar-refractivity contribution in [2.75, 3.05) is 0 Å². The summed E-state index contributed by atoms with van der Waals surface area (Å²) in [6.07, 6.45) is 0. The van der Waals surface area contributed by atoms with Crippen LogP contribution in [0.4, 0.5) is 0 Å². The molecule has 5 heteroatoms. The lowest BCUT2D eigenvalue weighted by molar-refractivity contribution is 0.669. The molecule has 56 heavy (non-hydrogen) atoms. The highest BCUT2D eigenvalue weighted by molar-refractivity contribution is 7.26. The first kappa shape index (κ1) is 21.0. The lowest BCUT2D eigenvalue weighted by atomic mass is 9.92. The maximum atomic E-state index is 9.46. The smallest absolute Gasteiger partial charge is 0.165 e. The Hall–Kier alpha value is -7.21. The number of aromatic nitrogens is 3. The number of para-hydroxylation sites is 1. The largest absolute Gasteiger partial charge is 0.456 e. The monoisotopic (exact) mass is 747 g/mol. The third-order valence-electron chi connectivity index (χ3n) is 9.60. The molecule has 0 aliphatic rings. The van der Waals surface area contributed by atoms with Crippen molar-refractivity contribution >= 4 is 53.4 Å². The van der Waals surface area contributed by atoms with Crippen LogP contribution in [-0.4, -0.2) is 15.0 Å². The zero-order chi connectivity index (χ0) is 49.2. The zero-order valence-electron chi connectivity index (χ0n) is 43.0. The highest BCUT2D eigenvalue weighted by Crippen LogP contribution is 2.46. The van der Waals surface area contributed by atoms with E-state index in [2.05, 4.69) is 23.2 Å². The van der Waals surface area contributed by atoms with Gasteiger partial charge in [0.1, 0.15) is 11.2 Å². The van der Waals surface area contributed by atoms with Crippen molar-refractivity contribution in [2.24, 2.45) is 0 Å². The fourth-order valence-corrected chi connectivity index (χ4v) is 8.39. The van der Waals surface area contributed by atoms with Gasteiger partial charge in [0, 0.05) is 47.6 Å². The van der Waals surface area contributed by atoms with Crippen LogP contribution in [0.3, 0.4) is 0 Å². The number of nitrogens with zero attached hydrogens (tertiary/aromatic N) is 3. The molecule has 0 atom stereocenters. The number of furan rings is 1. The molecule has 11 aromatic rings. The van der Waals surface area contributed by atoms with Gasteiger partial charge >= 0.3 is 0 Å². The first-order valence-electron chi connectivity index (χ1n) is 24.5. The molecule has 0 bridgehead atoms. The first-order valence-corrected chi connectivity index (χ1v) is 18.4. The van der Waals surface area contributed by atoms with Crippen LogP contribution in [0.2, 0.25) is 0 Å². The summed E-state index contributed by atoms with van der Waals surface area (Å²) < 4.78 is 129. The van der Waals surface area contributed by atoms with E-state index in [9.17, 15) is 1.37 Å². The van der Waals surface area contributed by atoms with E-state index in [1.54, 1.807) is 12.1 Å². The second-order valence-corrected chi connectivity index (χ2v) is 13.9. The van der Waals surface area contributed by atoms with E-state index >= 15 is 0 Å². The summed E-state index contributed by atoms with van der Waals surface area (Å²) >= 11 is 1.43. The van der Waals surface area contributed by atoms with Gasteiger partial charge in [0.2, 0.25) is 0 Å². The van der Waals surface area contributed by atoms with Gasteiger partial charge in [0.15, 0.2) is 17.5 Å². The van der Waals surface area contributed by atoms with Crippen molar-refractivity contribution in [3.8, 4) is 67.5 Å². The fraction of sp³-hybridized carbons (Fsp3) is 0. The highest BCUT2D eigenvalue weighted by atomic mass is 32.1. The Kier molecular flexibility index (Phi) is 4.98. The third kappa shape index (κ3) is 5.48. The molecule has 0 spiro atoms. The molecule has 3 heterocycles. The van der Waals surface area contributed by atoms with Gasteiger partial charge in [-0.3, -0.25) is 0 Å². The van der Waals surface area contributed by atoms with Gasteiger partial charge < -0.3 is 4.42 Å². The molecular weight excluding hydrogens is 703 g/mol.